The van der Waals surface area contributed by atoms with Crippen molar-refractivity contribution in [3.05, 3.63) is 53.2 Å². The van der Waals surface area contributed by atoms with E-state index in [4.69, 9.17) is 9.15 Å². The Morgan fingerprint density at radius 2 is 2.12 bits per heavy atom. The lowest BCUT2D eigenvalue weighted by Gasteiger charge is -2.26. The molecule has 0 aliphatic carbocycles. The highest BCUT2D eigenvalue weighted by atomic mass is 16.5. The number of nitrogens with one attached hydrogen (secondary N) is 2. The van der Waals surface area contributed by atoms with Crippen molar-refractivity contribution in [2.45, 2.75) is 45.4 Å². The molecule has 2 aromatic rings. The Bertz CT molecular complexity index is 718. The number of hydrogen-bond acceptors (Lipinski definition) is 4. The average Bonchev–Trinajstić information content (AvgIpc) is 3.03. The van der Waals surface area contributed by atoms with Crippen molar-refractivity contribution in [1.82, 2.24) is 15.6 Å². The maximum Gasteiger partial charge on any atom is 0.315 e. The summed E-state index contributed by atoms with van der Waals surface area (Å²) in [5.74, 6) is 0.496. The molecule has 6 heteroatoms. The van der Waals surface area contributed by atoms with Crippen molar-refractivity contribution >= 4 is 6.03 Å². The quantitative estimate of drug-likeness (QED) is 0.907. The van der Waals surface area contributed by atoms with E-state index in [0.717, 1.165) is 16.8 Å². The minimum atomic E-state index is -0.268. The number of rotatable bonds is 3. The van der Waals surface area contributed by atoms with Crippen LogP contribution in [0.4, 0.5) is 4.79 Å². The number of fused-ring (bicyclic) bond motifs is 1. The van der Waals surface area contributed by atoms with Gasteiger partial charge in [0.1, 0.15) is 6.26 Å². The number of carbonyl (C=O) groups excluding carboxylic acids is 1. The van der Waals surface area contributed by atoms with E-state index in [1.54, 1.807) is 6.26 Å². The van der Waals surface area contributed by atoms with Crippen LogP contribution >= 0.6 is 0 Å². The third kappa shape index (κ3) is 3.76. The maximum absolute atomic E-state index is 12.2. The predicted molar refractivity (Wildman–Crippen MR) is 89.4 cm³/mol. The van der Waals surface area contributed by atoms with Gasteiger partial charge < -0.3 is 19.8 Å². The summed E-state index contributed by atoms with van der Waals surface area (Å²) < 4.78 is 10.9. The molecule has 0 bridgehead atoms. The van der Waals surface area contributed by atoms with Crippen LogP contribution in [-0.2, 0) is 23.3 Å². The minimum Gasteiger partial charge on any atom is -0.447 e. The molecule has 3 rings (SSSR count). The molecular formula is C18H23N3O3. The lowest BCUT2D eigenvalue weighted by atomic mass is 9.93. The number of aromatic nitrogens is 1. The first kappa shape index (κ1) is 16.5. The summed E-state index contributed by atoms with van der Waals surface area (Å²) in [5, 5.41) is 5.72. The first-order chi connectivity index (χ1) is 11.4. The summed E-state index contributed by atoms with van der Waals surface area (Å²) in [7, 11) is 0. The number of urea groups is 1. The van der Waals surface area contributed by atoms with Gasteiger partial charge in [-0.25, -0.2) is 9.78 Å². The van der Waals surface area contributed by atoms with Gasteiger partial charge in [-0.3, -0.25) is 0 Å². The highest BCUT2D eigenvalue weighted by Crippen LogP contribution is 2.24. The van der Waals surface area contributed by atoms with E-state index < -0.39 is 0 Å². The van der Waals surface area contributed by atoms with E-state index in [1.807, 2.05) is 24.3 Å². The van der Waals surface area contributed by atoms with Crippen LogP contribution in [0.2, 0.25) is 0 Å². The predicted octanol–water partition coefficient (Wildman–Crippen LogP) is 3.04. The smallest absolute Gasteiger partial charge is 0.315 e. The summed E-state index contributed by atoms with van der Waals surface area (Å²) in [4.78, 5) is 16.6. The van der Waals surface area contributed by atoms with E-state index in [0.29, 0.717) is 19.1 Å². The molecule has 1 aliphatic heterocycles. The summed E-state index contributed by atoms with van der Waals surface area (Å²) in [6, 6.07) is 7.56. The molecule has 0 radical (unpaired) electrons. The fraction of sp³-hybridized carbons (Fsp3) is 0.444. The molecule has 24 heavy (non-hydrogen) atoms. The molecule has 1 aliphatic rings. The second kappa shape index (κ2) is 6.65. The van der Waals surface area contributed by atoms with Crippen molar-refractivity contribution in [2.75, 3.05) is 6.61 Å². The van der Waals surface area contributed by atoms with Crippen LogP contribution in [0.15, 0.2) is 34.9 Å². The van der Waals surface area contributed by atoms with Gasteiger partial charge in [0.15, 0.2) is 0 Å². The fourth-order valence-corrected chi connectivity index (χ4v) is 2.60. The third-order valence-electron chi connectivity index (χ3n) is 4.00. The third-order valence-corrected chi connectivity index (χ3v) is 4.00. The molecule has 2 N–H and O–H groups in total. The van der Waals surface area contributed by atoms with Gasteiger partial charge in [-0.15, -0.1) is 0 Å². The summed E-state index contributed by atoms with van der Waals surface area (Å²) in [5.41, 5.74) is 3.00. The molecule has 0 saturated carbocycles. The number of amides is 2. The maximum atomic E-state index is 12.2. The van der Waals surface area contributed by atoms with Crippen LogP contribution in [0.5, 0.6) is 0 Å². The molecule has 1 unspecified atom stereocenters. The van der Waals surface area contributed by atoms with Gasteiger partial charge in [0.05, 0.1) is 31.5 Å². The number of hydrogen-bond donors (Lipinski definition) is 2. The van der Waals surface area contributed by atoms with Crippen LogP contribution in [0, 0.1) is 0 Å². The first-order valence-corrected chi connectivity index (χ1v) is 8.08. The van der Waals surface area contributed by atoms with Crippen LogP contribution in [-0.4, -0.2) is 17.6 Å². The Morgan fingerprint density at radius 1 is 1.33 bits per heavy atom. The van der Waals surface area contributed by atoms with Gasteiger partial charge in [-0.1, -0.05) is 45.0 Å². The number of ether oxygens (including phenoxy) is 1. The number of benzene rings is 1. The van der Waals surface area contributed by atoms with Gasteiger partial charge in [-0.2, -0.15) is 0 Å². The second-order valence-corrected chi connectivity index (χ2v) is 6.97. The minimum absolute atomic E-state index is 0.0762. The second-order valence-electron chi connectivity index (χ2n) is 6.97. The lowest BCUT2D eigenvalue weighted by Crippen LogP contribution is -2.40. The Labute approximate surface area is 141 Å². The van der Waals surface area contributed by atoms with E-state index in [-0.39, 0.29) is 24.0 Å². The molecule has 0 saturated heterocycles. The van der Waals surface area contributed by atoms with E-state index in [2.05, 4.69) is 36.4 Å². The zero-order valence-electron chi connectivity index (χ0n) is 14.3. The zero-order chi connectivity index (χ0) is 17.2. The monoisotopic (exact) mass is 329 g/mol. The Hall–Kier alpha value is -2.34. The Morgan fingerprint density at radius 3 is 2.88 bits per heavy atom. The molecule has 128 valence electrons. The molecule has 0 spiro atoms. The van der Waals surface area contributed by atoms with Crippen molar-refractivity contribution in [3.8, 4) is 0 Å². The summed E-state index contributed by atoms with van der Waals surface area (Å²) in [6.07, 6.45) is 1.64. The van der Waals surface area contributed by atoms with E-state index >= 15 is 0 Å². The van der Waals surface area contributed by atoms with Crippen LogP contribution in [0.1, 0.15) is 49.5 Å². The average molecular weight is 329 g/mol. The van der Waals surface area contributed by atoms with E-state index in [9.17, 15) is 4.79 Å². The standard InChI is InChI=1S/C18H23N3O3/c1-18(2,3)15-11-24-16(21-15)8-19-17(22)20-14-10-23-9-12-6-4-5-7-13(12)14/h4-7,11,14H,8-10H2,1-3H3,(H2,19,20,22). The first-order valence-electron chi connectivity index (χ1n) is 8.08. The van der Waals surface area contributed by atoms with Gasteiger partial charge in [0, 0.05) is 5.41 Å². The van der Waals surface area contributed by atoms with Crippen LogP contribution < -0.4 is 10.6 Å². The Balaban J connectivity index is 1.56. The van der Waals surface area contributed by atoms with Crippen molar-refractivity contribution in [2.24, 2.45) is 0 Å². The Kier molecular flexibility index (Phi) is 4.57. The molecule has 2 heterocycles. The number of carbonyl (C=O) groups is 1. The molecule has 1 aromatic heterocycles. The lowest BCUT2D eigenvalue weighted by molar-refractivity contribution is 0.0843. The summed E-state index contributed by atoms with van der Waals surface area (Å²) in [6.45, 7) is 7.50. The van der Waals surface area contributed by atoms with Crippen LogP contribution in [0.25, 0.3) is 0 Å². The van der Waals surface area contributed by atoms with Crippen molar-refractivity contribution in [1.29, 1.82) is 0 Å². The molecule has 6 nitrogen and oxygen atoms in total. The largest absolute Gasteiger partial charge is 0.447 e. The SMILES string of the molecule is CC(C)(C)c1coc(CNC(=O)NC2COCc3ccccc32)n1. The molecular weight excluding hydrogens is 306 g/mol. The number of nitrogens with zero attached hydrogens (tertiary/aromatic N) is 1. The van der Waals surface area contributed by atoms with Gasteiger partial charge in [0.25, 0.3) is 0 Å². The van der Waals surface area contributed by atoms with Gasteiger partial charge in [-0.05, 0) is 11.1 Å². The van der Waals surface area contributed by atoms with Crippen LogP contribution in [0.3, 0.4) is 0 Å². The highest BCUT2D eigenvalue weighted by Gasteiger charge is 2.22. The molecule has 2 amide bonds. The van der Waals surface area contributed by atoms with Gasteiger partial charge in [0.2, 0.25) is 5.89 Å². The van der Waals surface area contributed by atoms with E-state index in [1.165, 1.54) is 0 Å². The van der Waals surface area contributed by atoms with Crippen molar-refractivity contribution < 1.29 is 13.9 Å². The normalized spacial score (nSPS) is 17.2. The van der Waals surface area contributed by atoms with Gasteiger partial charge >= 0.3 is 6.03 Å². The number of oxazole rings is 1. The summed E-state index contributed by atoms with van der Waals surface area (Å²) >= 11 is 0. The van der Waals surface area contributed by atoms with Crippen molar-refractivity contribution in [3.63, 3.8) is 0 Å². The highest BCUT2D eigenvalue weighted by molar-refractivity contribution is 5.74. The zero-order valence-corrected chi connectivity index (χ0v) is 14.3. The molecule has 1 aromatic carbocycles. The molecule has 0 fully saturated rings. The topological polar surface area (TPSA) is 76.4 Å². The molecule has 1 atom stereocenters. The fourth-order valence-electron chi connectivity index (χ4n) is 2.60.